The molecule has 1 atom stereocenters. The van der Waals surface area contributed by atoms with Crippen LogP contribution in [0, 0.1) is 0 Å². The zero-order valence-electron chi connectivity index (χ0n) is 13.9. The third-order valence-corrected chi connectivity index (χ3v) is 3.75. The van der Waals surface area contributed by atoms with E-state index in [9.17, 15) is 4.79 Å². The molecule has 0 bridgehead atoms. The quantitative estimate of drug-likeness (QED) is 0.756. The van der Waals surface area contributed by atoms with Gasteiger partial charge < -0.3 is 15.4 Å². The SMILES string of the molecule is CCCOc1ccc(NC(=O)N[C@H](CC)c2cccnc2)cc1Cl. The first-order valence-electron chi connectivity index (χ1n) is 8.03. The standard InChI is InChI=1S/C18H22ClN3O2/c1-3-10-24-17-8-7-14(11-15(17)19)21-18(23)22-16(4-2)13-6-5-9-20-12-13/h5-9,11-12,16H,3-4,10H2,1-2H3,(H2,21,22,23)/t16-/m1/s1. The first-order valence-corrected chi connectivity index (χ1v) is 8.41. The Labute approximate surface area is 147 Å². The fraction of sp³-hybridized carbons (Fsp3) is 0.333. The van der Waals surface area contributed by atoms with Crippen molar-refractivity contribution < 1.29 is 9.53 Å². The van der Waals surface area contributed by atoms with Crippen molar-refractivity contribution in [2.24, 2.45) is 0 Å². The summed E-state index contributed by atoms with van der Waals surface area (Å²) in [4.78, 5) is 16.3. The van der Waals surface area contributed by atoms with Gasteiger partial charge in [-0.3, -0.25) is 4.98 Å². The minimum atomic E-state index is -0.288. The molecule has 5 nitrogen and oxygen atoms in total. The number of hydrogen-bond donors (Lipinski definition) is 2. The van der Waals surface area contributed by atoms with Gasteiger partial charge in [0, 0.05) is 18.1 Å². The van der Waals surface area contributed by atoms with Gasteiger partial charge >= 0.3 is 6.03 Å². The molecule has 0 aliphatic rings. The molecule has 0 saturated carbocycles. The highest BCUT2D eigenvalue weighted by Gasteiger charge is 2.13. The first-order chi connectivity index (χ1) is 11.6. The number of nitrogens with zero attached hydrogens (tertiary/aromatic N) is 1. The summed E-state index contributed by atoms with van der Waals surface area (Å²) >= 11 is 6.17. The average molecular weight is 348 g/mol. The lowest BCUT2D eigenvalue weighted by Gasteiger charge is -2.18. The monoisotopic (exact) mass is 347 g/mol. The van der Waals surface area contributed by atoms with E-state index in [1.807, 2.05) is 26.0 Å². The fourth-order valence-corrected chi connectivity index (χ4v) is 2.47. The number of pyridine rings is 1. The van der Waals surface area contributed by atoms with Crippen molar-refractivity contribution in [1.82, 2.24) is 10.3 Å². The van der Waals surface area contributed by atoms with E-state index < -0.39 is 0 Å². The Morgan fingerprint density at radius 3 is 2.79 bits per heavy atom. The molecule has 2 aromatic rings. The lowest BCUT2D eigenvalue weighted by molar-refractivity contribution is 0.248. The number of carbonyl (C=O) groups is 1. The Hall–Kier alpha value is -2.27. The summed E-state index contributed by atoms with van der Waals surface area (Å²) in [6.45, 7) is 4.64. The lowest BCUT2D eigenvalue weighted by Crippen LogP contribution is -2.32. The Bertz CT molecular complexity index is 665. The Kier molecular flexibility index (Phi) is 6.88. The van der Waals surface area contributed by atoms with Gasteiger partial charge in [0.2, 0.25) is 0 Å². The molecular weight excluding hydrogens is 326 g/mol. The Morgan fingerprint density at radius 1 is 1.33 bits per heavy atom. The summed E-state index contributed by atoms with van der Waals surface area (Å²) in [5.41, 5.74) is 1.58. The Balaban J connectivity index is 1.97. The molecule has 2 N–H and O–H groups in total. The van der Waals surface area contributed by atoms with E-state index in [-0.39, 0.29) is 12.1 Å². The lowest BCUT2D eigenvalue weighted by atomic mass is 10.1. The third-order valence-electron chi connectivity index (χ3n) is 3.45. The third kappa shape index (κ3) is 5.13. The van der Waals surface area contributed by atoms with Crippen LogP contribution >= 0.6 is 11.6 Å². The van der Waals surface area contributed by atoms with Gasteiger partial charge in [0.25, 0.3) is 0 Å². The maximum Gasteiger partial charge on any atom is 0.319 e. The van der Waals surface area contributed by atoms with Crippen molar-refractivity contribution in [1.29, 1.82) is 0 Å². The van der Waals surface area contributed by atoms with Crippen LogP contribution < -0.4 is 15.4 Å². The highest BCUT2D eigenvalue weighted by Crippen LogP contribution is 2.28. The van der Waals surface area contributed by atoms with Gasteiger partial charge in [0.05, 0.1) is 17.7 Å². The van der Waals surface area contributed by atoms with Crippen LogP contribution in [0.15, 0.2) is 42.7 Å². The second-order valence-corrected chi connectivity index (χ2v) is 5.75. The van der Waals surface area contributed by atoms with Gasteiger partial charge in [0.15, 0.2) is 0 Å². The number of aromatic nitrogens is 1. The normalized spacial score (nSPS) is 11.6. The van der Waals surface area contributed by atoms with Gasteiger partial charge in [-0.2, -0.15) is 0 Å². The van der Waals surface area contributed by atoms with Crippen LogP contribution in [0.4, 0.5) is 10.5 Å². The molecule has 24 heavy (non-hydrogen) atoms. The zero-order valence-corrected chi connectivity index (χ0v) is 14.6. The van der Waals surface area contributed by atoms with Crippen LogP contribution in [0.5, 0.6) is 5.75 Å². The first kappa shape index (κ1) is 18.1. The number of hydrogen-bond acceptors (Lipinski definition) is 3. The summed E-state index contributed by atoms with van der Waals surface area (Å²) in [6.07, 6.45) is 5.14. The molecule has 1 aromatic heterocycles. The molecule has 1 heterocycles. The molecular formula is C18H22ClN3O2. The van der Waals surface area contributed by atoms with Crippen LogP contribution in [-0.2, 0) is 0 Å². The van der Waals surface area contributed by atoms with Crippen molar-refractivity contribution >= 4 is 23.3 Å². The largest absolute Gasteiger partial charge is 0.492 e. The maximum absolute atomic E-state index is 12.2. The summed E-state index contributed by atoms with van der Waals surface area (Å²) in [7, 11) is 0. The van der Waals surface area contributed by atoms with E-state index in [1.54, 1.807) is 30.6 Å². The number of benzene rings is 1. The van der Waals surface area contributed by atoms with Crippen LogP contribution in [0.2, 0.25) is 5.02 Å². The molecule has 2 amide bonds. The van der Waals surface area contributed by atoms with Crippen LogP contribution in [0.3, 0.4) is 0 Å². The molecule has 0 spiro atoms. The van der Waals surface area contributed by atoms with Gasteiger partial charge in [-0.15, -0.1) is 0 Å². The number of urea groups is 1. The van der Waals surface area contributed by atoms with Crippen LogP contribution in [0.25, 0.3) is 0 Å². The minimum absolute atomic E-state index is 0.0960. The van der Waals surface area contributed by atoms with E-state index in [1.165, 1.54) is 0 Å². The molecule has 0 aliphatic carbocycles. The predicted octanol–water partition coefficient (Wildman–Crippen LogP) is 4.80. The molecule has 1 aromatic carbocycles. The highest BCUT2D eigenvalue weighted by molar-refractivity contribution is 6.32. The number of rotatable bonds is 7. The number of nitrogens with one attached hydrogen (secondary N) is 2. The summed E-state index contributed by atoms with van der Waals surface area (Å²) in [6, 6.07) is 8.61. The second kappa shape index (κ2) is 9.13. The highest BCUT2D eigenvalue weighted by atomic mass is 35.5. The number of halogens is 1. The summed E-state index contributed by atoms with van der Waals surface area (Å²) in [5.74, 6) is 0.617. The van der Waals surface area contributed by atoms with Crippen LogP contribution in [-0.4, -0.2) is 17.6 Å². The second-order valence-electron chi connectivity index (χ2n) is 5.34. The van der Waals surface area contributed by atoms with Gasteiger partial charge in [0.1, 0.15) is 5.75 Å². The van der Waals surface area contributed by atoms with Crippen molar-refractivity contribution in [3.05, 3.63) is 53.3 Å². The topological polar surface area (TPSA) is 63.2 Å². The molecule has 0 fully saturated rings. The van der Waals surface area contributed by atoms with Crippen molar-refractivity contribution in [3.63, 3.8) is 0 Å². The van der Waals surface area contributed by atoms with Crippen LogP contribution in [0.1, 0.15) is 38.3 Å². The Morgan fingerprint density at radius 2 is 2.17 bits per heavy atom. The van der Waals surface area contributed by atoms with Gasteiger partial charge in [-0.05, 0) is 42.7 Å². The van der Waals surface area contributed by atoms with Gasteiger partial charge in [-0.1, -0.05) is 31.5 Å². The zero-order chi connectivity index (χ0) is 17.4. The molecule has 6 heteroatoms. The molecule has 0 radical (unpaired) electrons. The van der Waals surface area contributed by atoms with Gasteiger partial charge in [-0.25, -0.2) is 4.79 Å². The average Bonchev–Trinajstić information content (AvgIpc) is 2.60. The summed E-state index contributed by atoms with van der Waals surface area (Å²) < 4.78 is 5.52. The van der Waals surface area contributed by atoms with Crippen molar-refractivity contribution in [2.45, 2.75) is 32.7 Å². The number of anilines is 1. The molecule has 0 unspecified atom stereocenters. The van der Waals surface area contributed by atoms with E-state index in [0.29, 0.717) is 23.1 Å². The van der Waals surface area contributed by atoms with E-state index >= 15 is 0 Å². The van der Waals surface area contributed by atoms with E-state index in [4.69, 9.17) is 16.3 Å². The number of amides is 2. The molecule has 0 aliphatic heterocycles. The predicted molar refractivity (Wildman–Crippen MR) is 96.7 cm³/mol. The fourth-order valence-electron chi connectivity index (χ4n) is 2.24. The van der Waals surface area contributed by atoms with Crippen molar-refractivity contribution in [2.75, 3.05) is 11.9 Å². The maximum atomic E-state index is 12.2. The minimum Gasteiger partial charge on any atom is -0.492 e. The summed E-state index contributed by atoms with van der Waals surface area (Å²) in [5, 5.41) is 6.20. The number of ether oxygens (including phenoxy) is 1. The molecule has 2 rings (SSSR count). The van der Waals surface area contributed by atoms with E-state index in [2.05, 4.69) is 15.6 Å². The molecule has 0 saturated heterocycles. The smallest absolute Gasteiger partial charge is 0.319 e. The van der Waals surface area contributed by atoms with E-state index in [0.717, 1.165) is 18.4 Å². The van der Waals surface area contributed by atoms with Crippen molar-refractivity contribution in [3.8, 4) is 5.75 Å². The number of carbonyl (C=O) groups excluding carboxylic acids is 1. The molecule has 128 valence electrons.